The van der Waals surface area contributed by atoms with Crippen molar-refractivity contribution < 1.29 is 14.3 Å². The second-order valence-corrected chi connectivity index (χ2v) is 8.23. The van der Waals surface area contributed by atoms with Crippen LogP contribution in [0.4, 0.5) is 0 Å². The molecule has 1 aromatic heterocycles. The summed E-state index contributed by atoms with van der Waals surface area (Å²) in [6, 6.07) is 8.79. The van der Waals surface area contributed by atoms with Crippen molar-refractivity contribution >= 4 is 29.2 Å². The van der Waals surface area contributed by atoms with Gasteiger partial charge < -0.3 is 9.53 Å². The summed E-state index contributed by atoms with van der Waals surface area (Å²) in [5, 5.41) is 0.395. The van der Waals surface area contributed by atoms with Gasteiger partial charge in [0.05, 0.1) is 5.02 Å². The number of Topliss-reactive ketones (excluding diaryl/α,β-unsaturated/α-hetero) is 2. The van der Waals surface area contributed by atoms with Gasteiger partial charge in [-0.1, -0.05) is 43.5 Å². The number of allylic oxidation sites excluding steroid dienone is 1. The standard InChI is InChI=1S/C24H26ClNO3/c1-16(13-17(2)27)3-4-19-8-12-24(26-15-19)29-23-11-9-20(14-21(23)25)22(28)10-7-18-5-6-18/h3-4,8-9,11-12,14-16,18H,5-7,10,13H2,1-2H3/b4-3+/t16-/m0/s1. The number of hydrogen-bond donors (Lipinski definition) is 0. The van der Waals surface area contributed by atoms with Crippen molar-refractivity contribution in [2.24, 2.45) is 11.8 Å². The fraction of sp³-hybridized carbons (Fsp3) is 0.375. The second-order valence-electron chi connectivity index (χ2n) is 7.82. The average Bonchev–Trinajstić information content (AvgIpc) is 3.51. The van der Waals surface area contributed by atoms with Crippen molar-refractivity contribution in [2.75, 3.05) is 0 Å². The van der Waals surface area contributed by atoms with Gasteiger partial charge in [0.1, 0.15) is 11.5 Å². The predicted octanol–water partition coefficient (Wildman–Crippen LogP) is 6.53. The number of pyridine rings is 1. The van der Waals surface area contributed by atoms with Gasteiger partial charge in [-0.2, -0.15) is 0 Å². The molecule has 2 aromatic rings. The first-order chi connectivity index (χ1) is 13.9. The van der Waals surface area contributed by atoms with Crippen LogP contribution >= 0.6 is 11.6 Å². The topological polar surface area (TPSA) is 56.3 Å². The molecule has 0 N–H and O–H groups in total. The maximum Gasteiger partial charge on any atom is 0.219 e. The van der Waals surface area contributed by atoms with E-state index in [0.29, 0.717) is 35.1 Å². The van der Waals surface area contributed by atoms with E-state index in [-0.39, 0.29) is 17.5 Å². The molecule has 1 atom stereocenters. The lowest BCUT2D eigenvalue weighted by molar-refractivity contribution is -0.117. The van der Waals surface area contributed by atoms with Crippen molar-refractivity contribution in [1.82, 2.24) is 4.98 Å². The summed E-state index contributed by atoms with van der Waals surface area (Å²) in [6.07, 6.45) is 10.2. The first-order valence-corrected chi connectivity index (χ1v) is 10.4. The Bertz CT molecular complexity index is 901. The minimum atomic E-state index is 0.124. The summed E-state index contributed by atoms with van der Waals surface area (Å²) in [7, 11) is 0. The zero-order valence-electron chi connectivity index (χ0n) is 16.9. The van der Waals surface area contributed by atoms with E-state index in [1.54, 1.807) is 37.4 Å². The molecule has 0 bridgehead atoms. The normalized spacial score (nSPS) is 14.7. The van der Waals surface area contributed by atoms with E-state index in [1.165, 1.54) is 12.8 Å². The highest BCUT2D eigenvalue weighted by atomic mass is 35.5. The number of carbonyl (C=O) groups is 2. The van der Waals surface area contributed by atoms with Crippen LogP contribution in [0.5, 0.6) is 11.6 Å². The number of hydrogen-bond acceptors (Lipinski definition) is 4. The Labute approximate surface area is 176 Å². The molecule has 0 saturated heterocycles. The van der Waals surface area contributed by atoms with Crippen molar-refractivity contribution in [3.8, 4) is 11.6 Å². The number of carbonyl (C=O) groups excluding carboxylic acids is 2. The van der Waals surface area contributed by atoms with E-state index in [0.717, 1.165) is 17.9 Å². The van der Waals surface area contributed by atoms with Gasteiger partial charge in [-0.25, -0.2) is 4.98 Å². The summed E-state index contributed by atoms with van der Waals surface area (Å²) in [6.45, 7) is 3.60. The molecular formula is C24H26ClNO3. The van der Waals surface area contributed by atoms with Crippen LogP contribution < -0.4 is 4.74 Å². The minimum Gasteiger partial charge on any atom is -0.437 e. The highest BCUT2D eigenvalue weighted by molar-refractivity contribution is 6.32. The van der Waals surface area contributed by atoms with Crippen LogP contribution in [0.25, 0.3) is 6.08 Å². The number of halogens is 1. The van der Waals surface area contributed by atoms with E-state index >= 15 is 0 Å². The van der Waals surface area contributed by atoms with Gasteiger partial charge in [-0.3, -0.25) is 4.79 Å². The van der Waals surface area contributed by atoms with Gasteiger partial charge in [0, 0.05) is 30.7 Å². The number of nitrogens with zero attached hydrogens (tertiary/aromatic N) is 1. The van der Waals surface area contributed by atoms with Crippen LogP contribution in [0.3, 0.4) is 0 Å². The maximum atomic E-state index is 12.3. The molecule has 5 heteroatoms. The molecule has 1 fully saturated rings. The molecule has 0 aliphatic heterocycles. The molecule has 1 saturated carbocycles. The third kappa shape index (κ3) is 6.82. The second kappa shape index (κ2) is 9.84. The fourth-order valence-electron chi connectivity index (χ4n) is 3.10. The van der Waals surface area contributed by atoms with Crippen LogP contribution in [0.2, 0.25) is 5.02 Å². The Morgan fingerprint density at radius 3 is 2.69 bits per heavy atom. The minimum absolute atomic E-state index is 0.124. The molecule has 0 unspecified atom stereocenters. The third-order valence-corrected chi connectivity index (χ3v) is 5.23. The van der Waals surface area contributed by atoms with Crippen LogP contribution in [0, 0.1) is 11.8 Å². The van der Waals surface area contributed by atoms with Crippen molar-refractivity contribution in [3.05, 3.63) is 58.8 Å². The van der Waals surface area contributed by atoms with Crippen molar-refractivity contribution in [2.45, 2.75) is 46.0 Å². The number of ketones is 2. The van der Waals surface area contributed by atoms with Crippen LogP contribution in [0.15, 0.2) is 42.6 Å². The lowest BCUT2D eigenvalue weighted by atomic mass is 10.0. The SMILES string of the molecule is CC(=O)C[C@@H](C)/C=C/c1ccc(Oc2ccc(C(=O)CCC3CC3)cc2Cl)nc1. The van der Waals surface area contributed by atoms with Gasteiger partial charge >= 0.3 is 0 Å². The molecule has 1 aliphatic carbocycles. The molecule has 1 aromatic carbocycles. The number of benzene rings is 1. The smallest absolute Gasteiger partial charge is 0.219 e. The van der Waals surface area contributed by atoms with Gasteiger partial charge in [0.15, 0.2) is 5.78 Å². The predicted molar refractivity (Wildman–Crippen MR) is 116 cm³/mol. The zero-order chi connectivity index (χ0) is 20.8. The average molecular weight is 412 g/mol. The molecule has 3 rings (SSSR count). The fourth-order valence-corrected chi connectivity index (χ4v) is 3.32. The third-order valence-electron chi connectivity index (χ3n) is 4.93. The van der Waals surface area contributed by atoms with E-state index in [2.05, 4.69) is 4.98 Å². The molecule has 4 nitrogen and oxygen atoms in total. The molecule has 0 amide bonds. The number of rotatable bonds is 10. The summed E-state index contributed by atoms with van der Waals surface area (Å²) in [5.41, 5.74) is 1.55. The molecule has 1 aliphatic rings. The van der Waals surface area contributed by atoms with Crippen molar-refractivity contribution in [1.29, 1.82) is 0 Å². The first-order valence-electron chi connectivity index (χ1n) is 10.0. The van der Waals surface area contributed by atoms with E-state index in [4.69, 9.17) is 16.3 Å². The highest BCUT2D eigenvalue weighted by Gasteiger charge is 2.22. The molecule has 29 heavy (non-hydrogen) atoms. The maximum absolute atomic E-state index is 12.3. The van der Waals surface area contributed by atoms with Crippen LogP contribution in [0.1, 0.15) is 61.9 Å². The van der Waals surface area contributed by atoms with Gasteiger partial charge in [-0.05, 0) is 55.0 Å². The van der Waals surface area contributed by atoms with Gasteiger partial charge in [-0.15, -0.1) is 0 Å². The Hall–Kier alpha value is -2.46. The van der Waals surface area contributed by atoms with E-state index in [1.807, 2.05) is 25.1 Å². The van der Waals surface area contributed by atoms with Gasteiger partial charge in [0.25, 0.3) is 0 Å². The molecular weight excluding hydrogens is 386 g/mol. The lowest BCUT2D eigenvalue weighted by Gasteiger charge is -2.09. The first kappa shape index (κ1) is 21.3. The monoisotopic (exact) mass is 411 g/mol. The van der Waals surface area contributed by atoms with Gasteiger partial charge in [0.2, 0.25) is 5.88 Å². The van der Waals surface area contributed by atoms with Crippen LogP contribution in [-0.2, 0) is 4.79 Å². The summed E-state index contributed by atoms with van der Waals surface area (Å²) < 4.78 is 5.76. The van der Waals surface area contributed by atoms with E-state index in [9.17, 15) is 9.59 Å². The molecule has 0 radical (unpaired) electrons. The largest absolute Gasteiger partial charge is 0.437 e. The Morgan fingerprint density at radius 1 is 1.28 bits per heavy atom. The molecule has 0 spiro atoms. The zero-order valence-corrected chi connectivity index (χ0v) is 17.6. The Kier molecular flexibility index (Phi) is 7.21. The Morgan fingerprint density at radius 2 is 2.07 bits per heavy atom. The van der Waals surface area contributed by atoms with Crippen molar-refractivity contribution in [3.63, 3.8) is 0 Å². The lowest BCUT2D eigenvalue weighted by Crippen LogP contribution is -2.00. The summed E-state index contributed by atoms with van der Waals surface area (Å²) >= 11 is 6.31. The molecule has 1 heterocycles. The highest BCUT2D eigenvalue weighted by Crippen LogP contribution is 2.34. The summed E-state index contributed by atoms with van der Waals surface area (Å²) in [4.78, 5) is 27.7. The number of ether oxygens (including phenoxy) is 1. The quantitative estimate of drug-likeness (QED) is 0.417. The van der Waals surface area contributed by atoms with E-state index < -0.39 is 0 Å². The van der Waals surface area contributed by atoms with Crippen LogP contribution in [-0.4, -0.2) is 16.6 Å². The Balaban J connectivity index is 1.58. The molecule has 152 valence electrons. The number of aromatic nitrogens is 1. The summed E-state index contributed by atoms with van der Waals surface area (Å²) in [5.74, 6) is 2.12.